The van der Waals surface area contributed by atoms with Crippen molar-refractivity contribution >= 4 is 38.4 Å². The molecule has 2 aromatic carbocycles. The molecule has 0 saturated carbocycles. The third-order valence-corrected chi connectivity index (χ3v) is 4.26. The van der Waals surface area contributed by atoms with E-state index in [-0.39, 0.29) is 12.1 Å². The van der Waals surface area contributed by atoms with Crippen LogP contribution in [0.5, 0.6) is 0 Å². The maximum atomic E-state index is 12.5. The monoisotopic (exact) mass is 378 g/mol. The molecule has 3 aromatic rings. The maximum absolute atomic E-state index is 12.5. The average Bonchev–Trinajstić information content (AvgIpc) is 2.51. The van der Waals surface area contributed by atoms with Crippen LogP contribution < -0.4 is 5.56 Å². The van der Waals surface area contributed by atoms with Crippen LogP contribution in [0.25, 0.3) is 10.9 Å². The Morgan fingerprint density at radius 2 is 2.05 bits per heavy atom. The number of hydrogen-bond acceptors (Lipinski definition) is 3. The molecule has 6 heteroatoms. The van der Waals surface area contributed by atoms with Crippen molar-refractivity contribution in [1.29, 1.82) is 0 Å². The van der Waals surface area contributed by atoms with Crippen LogP contribution in [-0.4, -0.2) is 14.7 Å². The van der Waals surface area contributed by atoms with Gasteiger partial charge >= 0.3 is 0 Å². The maximum Gasteiger partial charge on any atom is 0.261 e. The standard InChI is InChI=1S/C16H12BrClN2O2/c17-10-5-6-14-12(7-10)16(22)20(9-19-14)8-15(21)11-3-1-2-4-13(11)18/h1-7,9,15,21H,8H2. The van der Waals surface area contributed by atoms with E-state index < -0.39 is 6.10 Å². The minimum atomic E-state index is -0.877. The molecule has 0 aliphatic carbocycles. The molecule has 0 radical (unpaired) electrons. The second-order valence-electron chi connectivity index (χ2n) is 4.90. The summed E-state index contributed by atoms with van der Waals surface area (Å²) in [5.41, 5.74) is 1.01. The largest absolute Gasteiger partial charge is 0.386 e. The van der Waals surface area contributed by atoms with Crippen LogP contribution in [0.4, 0.5) is 0 Å². The molecule has 1 N–H and O–H groups in total. The first-order chi connectivity index (χ1) is 10.6. The number of aromatic nitrogens is 2. The molecule has 0 fully saturated rings. The molecule has 1 unspecified atom stereocenters. The number of hydrogen-bond donors (Lipinski definition) is 1. The summed E-state index contributed by atoms with van der Waals surface area (Å²) in [6.45, 7) is 0.0953. The number of halogens is 2. The first-order valence-electron chi connectivity index (χ1n) is 6.63. The van der Waals surface area contributed by atoms with Crippen LogP contribution >= 0.6 is 27.5 Å². The van der Waals surface area contributed by atoms with Crippen molar-refractivity contribution in [2.45, 2.75) is 12.6 Å². The molecule has 3 rings (SSSR count). The molecule has 0 spiro atoms. The molecular weight excluding hydrogens is 368 g/mol. The van der Waals surface area contributed by atoms with E-state index in [1.807, 2.05) is 6.07 Å². The summed E-state index contributed by atoms with van der Waals surface area (Å²) in [5, 5.41) is 11.3. The number of fused-ring (bicyclic) bond motifs is 1. The molecule has 1 atom stereocenters. The lowest BCUT2D eigenvalue weighted by atomic mass is 10.1. The number of rotatable bonds is 3. The summed E-state index contributed by atoms with van der Waals surface area (Å²) in [6.07, 6.45) is 0.566. The Bertz CT molecular complexity index is 895. The Balaban J connectivity index is 1.99. The van der Waals surface area contributed by atoms with E-state index in [9.17, 15) is 9.90 Å². The number of benzene rings is 2. The van der Waals surface area contributed by atoms with Crippen LogP contribution in [0.15, 0.2) is 58.1 Å². The van der Waals surface area contributed by atoms with Crippen molar-refractivity contribution in [3.05, 3.63) is 74.2 Å². The van der Waals surface area contributed by atoms with Gasteiger partial charge in [0.2, 0.25) is 0 Å². The van der Waals surface area contributed by atoms with Crippen LogP contribution in [-0.2, 0) is 6.54 Å². The van der Waals surface area contributed by atoms with E-state index in [2.05, 4.69) is 20.9 Å². The smallest absolute Gasteiger partial charge is 0.261 e. The summed E-state index contributed by atoms with van der Waals surface area (Å²) >= 11 is 9.42. The van der Waals surface area contributed by atoms with Gasteiger partial charge in [-0.15, -0.1) is 0 Å². The van der Waals surface area contributed by atoms with Gasteiger partial charge in [-0.2, -0.15) is 0 Å². The van der Waals surface area contributed by atoms with Gasteiger partial charge in [-0.3, -0.25) is 9.36 Å². The lowest BCUT2D eigenvalue weighted by Crippen LogP contribution is -2.23. The average molecular weight is 380 g/mol. The summed E-state index contributed by atoms with van der Waals surface area (Å²) < 4.78 is 2.20. The van der Waals surface area contributed by atoms with E-state index in [0.29, 0.717) is 21.5 Å². The molecule has 0 bridgehead atoms. The van der Waals surface area contributed by atoms with E-state index in [1.54, 1.807) is 36.4 Å². The highest BCUT2D eigenvalue weighted by Crippen LogP contribution is 2.23. The number of nitrogens with zero attached hydrogens (tertiary/aromatic N) is 2. The van der Waals surface area contributed by atoms with E-state index in [1.165, 1.54) is 10.9 Å². The minimum Gasteiger partial charge on any atom is -0.386 e. The quantitative estimate of drug-likeness (QED) is 0.757. The highest BCUT2D eigenvalue weighted by molar-refractivity contribution is 9.10. The molecule has 4 nitrogen and oxygen atoms in total. The minimum absolute atomic E-state index is 0.0953. The molecule has 0 aliphatic heterocycles. The Morgan fingerprint density at radius 3 is 2.82 bits per heavy atom. The van der Waals surface area contributed by atoms with E-state index in [4.69, 9.17) is 11.6 Å². The molecular formula is C16H12BrClN2O2. The molecule has 1 aromatic heterocycles. The van der Waals surface area contributed by atoms with Gasteiger partial charge in [0.1, 0.15) is 0 Å². The van der Waals surface area contributed by atoms with Crippen LogP contribution in [0.1, 0.15) is 11.7 Å². The Morgan fingerprint density at radius 1 is 1.27 bits per heavy atom. The normalized spacial score (nSPS) is 12.5. The van der Waals surface area contributed by atoms with Gasteiger partial charge in [-0.25, -0.2) is 4.98 Å². The second kappa shape index (κ2) is 6.20. The van der Waals surface area contributed by atoms with Crippen molar-refractivity contribution in [1.82, 2.24) is 9.55 Å². The van der Waals surface area contributed by atoms with Crippen LogP contribution in [0.3, 0.4) is 0 Å². The van der Waals surface area contributed by atoms with Crippen molar-refractivity contribution in [2.24, 2.45) is 0 Å². The summed E-state index contributed by atoms with van der Waals surface area (Å²) in [4.78, 5) is 16.7. The van der Waals surface area contributed by atoms with Gasteiger partial charge in [-0.1, -0.05) is 45.7 Å². The van der Waals surface area contributed by atoms with E-state index in [0.717, 1.165) is 4.47 Å². The molecule has 0 amide bonds. The number of aliphatic hydroxyl groups excluding tert-OH is 1. The summed E-state index contributed by atoms with van der Waals surface area (Å²) in [6, 6.07) is 12.4. The Hall–Kier alpha value is -1.69. The molecule has 1 heterocycles. The third kappa shape index (κ3) is 2.92. The fraction of sp³-hybridized carbons (Fsp3) is 0.125. The van der Waals surface area contributed by atoms with E-state index >= 15 is 0 Å². The first-order valence-corrected chi connectivity index (χ1v) is 7.80. The predicted molar refractivity (Wildman–Crippen MR) is 90.1 cm³/mol. The lowest BCUT2D eigenvalue weighted by Gasteiger charge is -2.14. The zero-order valence-electron chi connectivity index (χ0n) is 11.4. The van der Waals surface area contributed by atoms with Gasteiger partial charge in [0.05, 0.1) is 29.9 Å². The zero-order valence-corrected chi connectivity index (χ0v) is 13.8. The number of aliphatic hydroxyl groups is 1. The van der Waals surface area contributed by atoms with Crippen molar-refractivity contribution < 1.29 is 5.11 Å². The van der Waals surface area contributed by atoms with Crippen molar-refractivity contribution in [2.75, 3.05) is 0 Å². The highest BCUT2D eigenvalue weighted by Gasteiger charge is 2.13. The Labute approximate surface area is 140 Å². The fourth-order valence-electron chi connectivity index (χ4n) is 2.29. The van der Waals surface area contributed by atoms with Crippen molar-refractivity contribution in [3.63, 3.8) is 0 Å². The van der Waals surface area contributed by atoms with Gasteiger partial charge in [-0.05, 0) is 24.3 Å². The SMILES string of the molecule is O=c1c2cc(Br)ccc2ncn1CC(O)c1ccccc1Cl. The van der Waals surface area contributed by atoms with Crippen molar-refractivity contribution in [3.8, 4) is 0 Å². The van der Waals surface area contributed by atoms with Gasteiger partial charge in [0.25, 0.3) is 5.56 Å². The van der Waals surface area contributed by atoms with Gasteiger partial charge in [0, 0.05) is 15.1 Å². The van der Waals surface area contributed by atoms with Crippen LogP contribution in [0, 0.1) is 0 Å². The molecule has 22 heavy (non-hydrogen) atoms. The first kappa shape index (κ1) is 15.2. The molecule has 0 aliphatic rings. The zero-order chi connectivity index (χ0) is 15.7. The van der Waals surface area contributed by atoms with Gasteiger partial charge < -0.3 is 5.11 Å². The summed E-state index contributed by atoms with van der Waals surface area (Å²) in [7, 11) is 0. The summed E-state index contributed by atoms with van der Waals surface area (Å²) in [5.74, 6) is 0. The third-order valence-electron chi connectivity index (χ3n) is 3.42. The van der Waals surface area contributed by atoms with Gasteiger partial charge in [0.15, 0.2) is 0 Å². The molecule has 112 valence electrons. The lowest BCUT2D eigenvalue weighted by molar-refractivity contribution is 0.155. The fourth-order valence-corrected chi connectivity index (χ4v) is 2.91. The highest BCUT2D eigenvalue weighted by atomic mass is 79.9. The van der Waals surface area contributed by atoms with Crippen LogP contribution in [0.2, 0.25) is 5.02 Å². The Kier molecular flexibility index (Phi) is 4.29. The molecule has 0 saturated heterocycles. The predicted octanol–water partition coefficient (Wildman–Crippen LogP) is 3.55. The second-order valence-corrected chi connectivity index (χ2v) is 6.22. The topological polar surface area (TPSA) is 55.1 Å².